The highest BCUT2D eigenvalue weighted by Gasteiger charge is 2.36. The van der Waals surface area contributed by atoms with Crippen LogP contribution in [0.15, 0.2) is 40.9 Å². The molecule has 0 radical (unpaired) electrons. The first kappa shape index (κ1) is 19.3. The van der Waals surface area contributed by atoms with Gasteiger partial charge in [0.05, 0.1) is 27.2 Å². The minimum Gasteiger partial charge on any atom is -0.324 e. The van der Waals surface area contributed by atoms with Gasteiger partial charge in [-0.15, -0.1) is 0 Å². The van der Waals surface area contributed by atoms with E-state index in [4.69, 9.17) is 11.6 Å². The predicted molar refractivity (Wildman–Crippen MR) is 106 cm³/mol. The third kappa shape index (κ3) is 4.12. The Kier molecular flexibility index (Phi) is 5.48. The Morgan fingerprint density at radius 2 is 2.07 bits per heavy atom. The molecule has 0 aromatic heterocycles. The van der Waals surface area contributed by atoms with Crippen molar-refractivity contribution in [2.24, 2.45) is 5.92 Å². The first-order valence-corrected chi connectivity index (χ1v) is 9.24. The lowest BCUT2D eigenvalue weighted by molar-refractivity contribution is -0.385. The van der Waals surface area contributed by atoms with Gasteiger partial charge in [-0.25, -0.2) is 0 Å². The van der Waals surface area contributed by atoms with Crippen LogP contribution < -0.4 is 10.2 Å². The van der Waals surface area contributed by atoms with Crippen molar-refractivity contribution in [2.45, 2.75) is 13.3 Å². The maximum Gasteiger partial charge on any atom is 0.274 e. The second-order valence-electron chi connectivity index (χ2n) is 6.25. The van der Waals surface area contributed by atoms with E-state index >= 15 is 0 Å². The number of hydrogen-bond acceptors (Lipinski definition) is 4. The maximum absolute atomic E-state index is 12.5. The fourth-order valence-electron chi connectivity index (χ4n) is 2.92. The fourth-order valence-corrected chi connectivity index (χ4v) is 3.64. The van der Waals surface area contributed by atoms with Crippen molar-refractivity contribution in [1.29, 1.82) is 0 Å². The lowest BCUT2D eigenvalue weighted by Crippen LogP contribution is -2.28. The molecule has 0 aliphatic carbocycles. The average molecular weight is 453 g/mol. The zero-order valence-electron chi connectivity index (χ0n) is 14.2. The number of halogens is 2. The number of carbonyl (C=O) groups is 2. The van der Waals surface area contributed by atoms with Crippen molar-refractivity contribution in [3.8, 4) is 0 Å². The van der Waals surface area contributed by atoms with Crippen LogP contribution in [-0.4, -0.2) is 23.3 Å². The molecule has 0 saturated carbocycles. The molecule has 3 rings (SSSR count). The van der Waals surface area contributed by atoms with Crippen molar-refractivity contribution >= 4 is 56.4 Å². The Morgan fingerprint density at radius 3 is 2.74 bits per heavy atom. The molecule has 1 heterocycles. The van der Waals surface area contributed by atoms with E-state index in [-0.39, 0.29) is 30.5 Å². The van der Waals surface area contributed by atoms with Crippen molar-refractivity contribution in [3.05, 3.63) is 61.6 Å². The normalized spacial score (nSPS) is 16.5. The van der Waals surface area contributed by atoms with Gasteiger partial charge in [-0.1, -0.05) is 33.6 Å². The topological polar surface area (TPSA) is 92.6 Å². The highest BCUT2D eigenvalue weighted by Crippen LogP contribution is 2.31. The standard InChI is InChI=1S/C18H15BrClN3O4/c1-10-2-4-13(8-16(10)23(26)27)22-9-11(6-17(22)24)18(25)21-15-5-3-12(19)7-14(15)20/h2-5,7-8,11H,6,9H2,1H3,(H,21,25)/t11-/m1/s1. The molecule has 9 heteroatoms. The van der Waals surface area contributed by atoms with Gasteiger partial charge in [-0.3, -0.25) is 19.7 Å². The van der Waals surface area contributed by atoms with E-state index < -0.39 is 10.8 Å². The first-order chi connectivity index (χ1) is 12.8. The number of nitrogens with one attached hydrogen (secondary N) is 1. The second-order valence-corrected chi connectivity index (χ2v) is 7.57. The van der Waals surface area contributed by atoms with E-state index in [2.05, 4.69) is 21.2 Å². The lowest BCUT2D eigenvalue weighted by Gasteiger charge is -2.17. The molecule has 1 aliphatic rings. The van der Waals surface area contributed by atoms with Gasteiger partial charge in [0.2, 0.25) is 11.8 Å². The highest BCUT2D eigenvalue weighted by molar-refractivity contribution is 9.10. The monoisotopic (exact) mass is 451 g/mol. The van der Waals surface area contributed by atoms with Gasteiger partial charge >= 0.3 is 0 Å². The third-order valence-electron chi connectivity index (χ3n) is 4.39. The highest BCUT2D eigenvalue weighted by atomic mass is 79.9. The Balaban J connectivity index is 1.76. The van der Waals surface area contributed by atoms with Gasteiger partial charge in [0, 0.05) is 29.1 Å². The quantitative estimate of drug-likeness (QED) is 0.552. The van der Waals surface area contributed by atoms with Crippen LogP contribution in [0.4, 0.5) is 17.1 Å². The van der Waals surface area contributed by atoms with Crippen LogP contribution in [0.3, 0.4) is 0 Å². The van der Waals surface area contributed by atoms with E-state index in [1.54, 1.807) is 37.3 Å². The van der Waals surface area contributed by atoms with Gasteiger partial charge in [-0.2, -0.15) is 0 Å². The molecular formula is C18H15BrClN3O4. The van der Waals surface area contributed by atoms with Crippen LogP contribution in [0.25, 0.3) is 0 Å². The maximum atomic E-state index is 12.5. The largest absolute Gasteiger partial charge is 0.324 e. The van der Waals surface area contributed by atoms with Gasteiger partial charge < -0.3 is 10.2 Å². The summed E-state index contributed by atoms with van der Waals surface area (Å²) in [6.45, 7) is 1.78. The predicted octanol–water partition coefficient (Wildman–Crippen LogP) is 4.31. The Hall–Kier alpha value is -2.45. The molecule has 2 aromatic carbocycles. The summed E-state index contributed by atoms with van der Waals surface area (Å²) in [6.07, 6.45) is 0.0294. The molecule has 7 nitrogen and oxygen atoms in total. The number of anilines is 2. The van der Waals surface area contributed by atoms with Gasteiger partial charge in [0.1, 0.15) is 0 Å². The molecule has 1 aliphatic heterocycles. The summed E-state index contributed by atoms with van der Waals surface area (Å²) in [4.78, 5) is 36.9. The van der Waals surface area contributed by atoms with Crippen LogP contribution in [0.2, 0.25) is 5.02 Å². The lowest BCUT2D eigenvalue weighted by atomic mass is 10.1. The van der Waals surface area contributed by atoms with Crippen molar-refractivity contribution in [2.75, 3.05) is 16.8 Å². The van der Waals surface area contributed by atoms with E-state index in [1.165, 1.54) is 11.0 Å². The molecule has 1 N–H and O–H groups in total. The van der Waals surface area contributed by atoms with Crippen LogP contribution in [0, 0.1) is 23.0 Å². The summed E-state index contributed by atoms with van der Waals surface area (Å²) in [5, 5.41) is 14.2. The summed E-state index contributed by atoms with van der Waals surface area (Å²) in [6, 6.07) is 9.68. The van der Waals surface area contributed by atoms with Gasteiger partial charge in [-0.05, 0) is 31.2 Å². The van der Waals surface area contributed by atoms with Gasteiger partial charge in [0.15, 0.2) is 0 Å². The van der Waals surface area contributed by atoms with Crippen LogP contribution in [-0.2, 0) is 9.59 Å². The molecule has 1 saturated heterocycles. The van der Waals surface area contributed by atoms with E-state index in [0.29, 0.717) is 22.0 Å². The molecule has 27 heavy (non-hydrogen) atoms. The van der Waals surface area contributed by atoms with Crippen molar-refractivity contribution in [3.63, 3.8) is 0 Å². The Labute approximate surface area is 168 Å². The number of aryl methyl sites for hydroxylation is 1. The molecular weight excluding hydrogens is 438 g/mol. The zero-order valence-corrected chi connectivity index (χ0v) is 16.6. The van der Waals surface area contributed by atoms with Crippen molar-refractivity contribution < 1.29 is 14.5 Å². The Morgan fingerprint density at radius 1 is 1.33 bits per heavy atom. The summed E-state index contributed by atoms with van der Waals surface area (Å²) in [5.41, 5.74) is 1.32. The van der Waals surface area contributed by atoms with Crippen LogP contribution in [0.5, 0.6) is 0 Å². The summed E-state index contributed by atoms with van der Waals surface area (Å²) < 4.78 is 0.786. The number of hydrogen-bond donors (Lipinski definition) is 1. The number of amides is 2. The van der Waals surface area contributed by atoms with Crippen LogP contribution in [0.1, 0.15) is 12.0 Å². The summed E-state index contributed by atoms with van der Waals surface area (Å²) in [7, 11) is 0. The number of nitro benzene ring substituents is 1. The third-order valence-corrected chi connectivity index (χ3v) is 5.19. The van der Waals surface area contributed by atoms with E-state index in [9.17, 15) is 19.7 Å². The van der Waals surface area contributed by atoms with E-state index in [0.717, 1.165) is 4.47 Å². The molecule has 0 spiro atoms. The minimum absolute atomic E-state index is 0.0294. The minimum atomic E-state index is -0.572. The molecule has 1 fully saturated rings. The van der Waals surface area contributed by atoms with Gasteiger partial charge in [0.25, 0.3) is 5.69 Å². The fraction of sp³-hybridized carbons (Fsp3) is 0.222. The molecule has 2 amide bonds. The smallest absolute Gasteiger partial charge is 0.274 e. The SMILES string of the molecule is Cc1ccc(N2C[C@H](C(=O)Nc3ccc(Br)cc3Cl)CC2=O)cc1[N+](=O)[O-]. The molecule has 2 aromatic rings. The van der Waals surface area contributed by atoms with E-state index in [1.807, 2.05) is 0 Å². The summed E-state index contributed by atoms with van der Waals surface area (Å²) in [5.74, 6) is -1.15. The average Bonchev–Trinajstić information content (AvgIpc) is 2.99. The number of rotatable bonds is 4. The van der Waals surface area contributed by atoms with Crippen molar-refractivity contribution in [1.82, 2.24) is 0 Å². The number of carbonyl (C=O) groups excluding carboxylic acids is 2. The molecule has 0 unspecified atom stereocenters. The number of nitrogens with zero attached hydrogens (tertiary/aromatic N) is 2. The number of benzene rings is 2. The molecule has 1 atom stereocenters. The first-order valence-electron chi connectivity index (χ1n) is 8.07. The number of nitro groups is 1. The molecule has 0 bridgehead atoms. The summed E-state index contributed by atoms with van der Waals surface area (Å²) >= 11 is 9.40. The zero-order chi connectivity index (χ0) is 19.7. The Bertz CT molecular complexity index is 950. The van der Waals surface area contributed by atoms with Crippen LogP contribution >= 0.6 is 27.5 Å². The second kappa shape index (κ2) is 7.66. The molecule has 140 valence electrons.